The Morgan fingerprint density at radius 3 is 2.53 bits per heavy atom. The predicted octanol–water partition coefficient (Wildman–Crippen LogP) is 6.38. The van der Waals surface area contributed by atoms with Gasteiger partial charge in [-0.2, -0.15) is 0 Å². The summed E-state index contributed by atoms with van der Waals surface area (Å²) in [6.07, 6.45) is 13.9. The summed E-state index contributed by atoms with van der Waals surface area (Å²) in [6, 6.07) is 0. The second-order valence-corrected chi connectivity index (χ2v) is 12.4. The summed E-state index contributed by atoms with van der Waals surface area (Å²) in [7, 11) is 0. The molecule has 0 aliphatic heterocycles. The van der Waals surface area contributed by atoms with Crippen LogP contribution in [0.2, 0.25) is 0 Å². The molecule has 30 heavy (non-hydrogen) atoms. The van der Waals surface area contributed by atoms with Gasteiger partial charge in [-0.3, -0.25) is 4.79 Å². The fourth-order valence-corrected chi connectivity index (χ4v) is 9.33. The number of hydrogen-bond acceptors (Lipinski definition) is 3. The van der Waals surface area contributed by atoms with Gasteiger partial charge in [0.2, 0.25) is 0 Å². The highest BCUT2D eigenvalue weighted by atomic mass is 16.5. The van der Waals surface area contributed by atoms with Crippen molar-refractivity contribution >= 4 is 5.97 Å². The van der Waals surface area contributed by atoms with Gasteiger partial charge in [-0.25, -0.2) is 0 Å². The van der Waals surface area contributed by atoms with Crippen molar-refractivity contribution in [1.29, 1.82) is 0 Å². The first-order valence-electron chi connectivity index (χ1n) is 12.9. The van der Waals surface area contributed by atoms with Crippen molar-refractivity contribution in [2.24, 2.45) is 45.8 Å². The summed E-state index contributed by atoms with van der Waals surface area (Å²) in [6.45, 7) is 11.9. The lowest BCUT2D eigenvalue weighted by molar-refractivity contribution is -0.176. The Balaban J connectivity index is 1.58. The molecule has 4 fully saturated rings. The van der Waals surface area contributed by atoms with Crippen molar-refractivity contribution in [3.63, 3.8) is 0 Å². The monoisotopic (exact) mass is 418 g/mol. The van der Waals surface area contributed by atoms with Crippen molar-refractivity contribution in [3.05, 3.63) is 0 Å². The van der Waals surface area contributed by atoms with Crippen molar-refractivity contribution in [3.8, 4) is 0 Å². The summed E-state index contributed by atoms with van der Waals surface area (Å²) in [4.78, 5) is 11.6. The first kappa shape index (κ1) is 22.6. The zero-order valence-corrected chi connectivity index (χ0v) is 20.2. The lowest BCUT2D eigenvalue weighted by Crippen LogP contribution is -2.58. The molecule has 0 aromatic heterocycles. The summed E-state index contributed by atoms with van der Waals surface area (Å²) >= 11 is 0. The third-order valence-corrected chi connectivity index (χ3v) is 11.1. The molecule has 4 rings (SSSR count). The number of rotatable bonds is 5. The third-order valence-electron chi connectivity index (χ3n) is 11.1. The van der Waals surface area contributed by atoms with Crippen LogP contribution < -0.4 is 0 Å². The molecule has 0 amide bonds. The van der Waals surface area contributed by atoms with E-state index in [4.69, 9.17) is 4.74 Å². The maximum absolute atomic E-state index is 11.6. The number of esters is 1. The highest BCUT2D eigenvalue weighted by Crippen LogP contribution is 2.70. The van der Waals surface area contributed by atoms with Crippen LogP contribution in [0.15, 0.2) is 0 Å². The average Bonchev–Trinajstić information content (AvgIpc) is 3.13. The van der Waals surface area contributed by atoms with E-state index in [9.17, 15) is 9.90 Å². The van der Waals surface area contributed by atoms with Crippen LogP contribution in [0, 0.1) is 45.8 Å². The number of fused-ring (bicyclic) bond motifs is 5. The highest BCUT2D eigenvalue weighted by Gasteiger charge is 2.62. The second kappa shape index (κ2) is 8.09. The molecule has 3 nitrogen and oxygen atoms in total. The number of aliphatic hydroxyl groups excluding tert-OH is 1. The summed E-state index contributed by atoms with van der Waals surface area (Å²) in [5.74, 6) is 3.86. The average molecular weight is 419 g/mol. The molecule has 0 aromatic rings. The first-order valence-corrected chi connectivity index (χ1v) is 12.9. The number of carbonyl (C=O) groups is 1. The minimum atomic E-state index is -0.186. The van der Waals surface area contributed by atoms with Crippen LogP contribution in [0.3, 0.4) is 0 Å². The van der Waals surface area contributed by atoms with Crippen LogP contribution in [-0.2, 0) is 9.53 Å². The summed E-state index contributed by atoms with van der Waals surface area (Å²) in [5.41, 5.74) is 1.07. The number of hydrogen-bond donors (Lipinski definition) is 1. The molecule has 0 spiro atoms. The zero-order chi connectivity index (χ0) is 21.7. The standard InChI is InChI=1S/C27H46O3/c1-18-10-14-26(5)22-12-16-27(17-30-20(3)29)13-6-7-23(27)21(22)8-9-24(26)25(18,4)15-11-19(2)28/h18-19,21-24,28H,6-17H2,1-5H3/t18?,19-,21?,22?,23?,24?,25?,26?,27-/m1/s1. The van der Waals surface area contributed by atoms with Gasteiger partial charge in [-0.1, -0.05) is 27.2 Å². The number of aliphatic hydroxyl groups is 1. The molecule has 4 aliphatic rings. The van der Waals surface area contributed by atoms with Gasteiger partial charge in [0.1, 0.15) is 0 Å². The van der Waals surface area contributed by atoms with Gasteiger partial charge in [-0.15, -0.1) is 0 Å². The van der Waals surface area contributed by atoms with Crippen LogP contribution in [0.4, 0.5) is 0 Å². The van der Waals surface area contributed by atoms with Gasteiger partial charge in [0.05, 0.1) is 12.7 Å². The van der Waals surface area contributed by atoms with Crippen LogP contribution >= 0.6 is 0 Å². The minimum Gasteiger partial charge on any atom is -0.465 e. The van der Waals surface area contributed by atoms with Crippen molar-refractivity contribution in [1.82, 2.24) is 0 Å². The molecule has 0 aromatic carbocycles. The van der Waals surface area contributed by atoms with Crippen LogP contribution in [0.1, 0.15) is 105 Å². The molecule has 9 atom stereocenters. The van der Waals surface area contributed by atoms with Crippen LogP contribution in [0.5, 0.6) is 0 Å². The highest BCUT2D eigenvalue weighted by molar-refractivity contribution is 5.65. The van der Waals surface area contributed by atoms with E-state index in [-0.39, 0.29) is 17.5 Å². The first-order chi connectivity index (χ1) is 14.1. The predicted molar refractivity (Wildman–Crippen MR) is 121 cm³/mol. The SMILES string of the molecule is CC(=O)OC[C@]12CCCC1C1CCC3C(C)(CC[C@@H](C)O)C(C)CCC3(C)C1CC2. The molecular formula is C27H46O3. The van der Waals surface area contributed by atoms with Gasteiger partial charge in [0.15, 0.2) is 0 Å². The Labute approximate surface area is 184 Å². The molecule has 1 N–H and O–H groups in total. The Morgan fingerprint density at radius 1 is 1.07 bits per heavy atom. The number of carbonyl (C=O) groups excluding carboxylic acids is 1. The van der Waals surface area contributed by atoms with Crippen molar-refractivity contribution in [2.75, 3.05) is 6.61 Å². The van der Waals surface area contributed by atoms with Crippen molar-refractivity contribution < 1.29 is 14.6 Å². The zero-order valence-electron chi connectivity index (χ0n) is 20.2. The largest absolute Gasteiger partial charge is 0.465 e. The summed E-state index contributed by atoms with van der Waals surface area (Å²) in [5, 5.41) is 10.0. The van der Waals surface area contributed by atoms with Gasteiger partial charge in [-0.05, 0) is 112 Å². The Hall–Kier alpha value is -0.570. The molecule has 0 heterocycles. The molecule has 3 heteroatoms. The smallest absolute Gasteiger partial charge is 0.302 e. The van der Waals surface area contributed by atoms with E-state index in [2.05, 4.69) is 20.8 Å². The normalized spacial score (nSPS) is 48.9. The summed E-state index contributed by atoms with van der Waals surface area (Å²) < 4.78 is 5.64. The Morgan fingerprint density at radius 2 is 1.83 bits per heavy atom. The molecular weight excluding hydrogens is 372 g/mol. The second-order valence-electron chi connectivity index (χ2n) is 12.4. The lowest BCUT2D eigenvalue weighted by Gasteiger charge is -2.65. The van der Waals surface area contributed by atoms with E-state index < -0.39 is 0 Å². The molecule has 0 bridgehead atoms. The van der Waals surface area contributed by atoms with E-state index >= 15 is 0 Å². The molecule has 4 saturated carbocycles. The maximum atomic E-state index is 11.6. The van der Waals surface area contributed by atoms with Gasteiger partial charge < -0.3 is 9.84 Å². The lowest BCUT2D eigenvalue weighted by atomic mass is 9.39. The fourth-order valence-electron chi connectivity index (χ4n) is 9.33. The minimum absolute atomic E-state index is 0.108. The van der Waals surface area contributed by atoms with Gasteiger partial charge in [0, 0.05) is 12.3 Å². The van der Waals surface area contributed by atoms with E-state index in [1.807, 2.05) is 6.92 Å². The number of ether oxygens (including phenoxy) is 1. The van der Waals surface area contributed by atoms with Gasteiger partial charge >= 0.3 is 5.97 Å². The molecule has 0 saturated heterocycles. The fraction of sp³-hybridized carbons (Fsp3) is 0.963. The maximum Gasteiger partial charge on any atom is 0.302 e. The van der Waals surface area contributed by atoms with E-state index in [0.717, 1.165) is 36.0 Å². The van der Waals surface area contributed by atoms with Gasteiger partial charge in [0.25, 0.3) is 0 Å². The third kappa shape index (κ3) is 3.55. The van der Waals surface area contributed by atoms with E-state index in [1.165, 1.54) is 64.2 Å². The molecule has 7 unspecified atom stereocenters. The topological polar surface area (TPSA) is 46.5 Å². The van der Waals surface area contributed by atoms with Crippen molar-refractivity contribution in [2.45, 2.75) is 111 Å². The Bertz CT molecular complexity index is 644. The van der Waals surface area contributed by atoms with E-state index in [1.54, 1.807) is 6.92 Å². The molecule has 4 aliphatic carbocycles. The van der Waals surface area contributed by atoms with Crippen LogP contribution in [0.25, 0.3) is 0 Å². The molecule has 0 radical (unpaired) electrons. The quantitative estimate of drug-likeness (QED) is 0.527. The molecule has 172 valence electrons. The van der Waals surface area contributed by atoms with Crippen LogP contribution in [-0.4, -0.2) is 23.8 Å². The Kier molecular flexibility index (Phi) is 6.10. The van der Waals surface area contributed by atoms with E-state index in [0.29, 0.717) is 17.4 Å².